The molecule has 0 radical (unpaired) electrons. The first kappa shape index (κ1) is 16.5. The van der Waals surface area contributed by atoms with Crippen molar-refractivity contribution >= 4 is 16.0 Å². The van der Waals surface area contributed by atoms with Gasteiger partial charge in [-0.3, -0.25) is 4.79 Å². The van der Waals surface area contributed by atoms with Crippen molar-refractivity contribution in [1.29, 1.82) is 0 Å². The molecule has 1 saturated carbocycles. The molecule has 2 heterocycles. The lowest BCUT2D eigenvalue weighted by molar-refractivity contribution is -0.154. The van der Waals surface area contributed by atoms with Crippen LogP contribution < -0.4 is 0 Å². The van der Waals surface area contributed by atoms with Crippen LogP contribution in [0.2, 0.25) is 0 Å². The summed E-state index contributed by atoms with van der Waals surface area (Å²) in [7, 11) is -3.69. The van der Waals surface area contributed by atoms with E-state index in [2.05, 4.69) is 0 Å². The van der Waals surface area contributed by atoms with Crippen LogP contribution in [0.15, 0.2) is 29.2 Å². The molecule has 0 N–H and O–H groups in total. The summed E-state index contributed by atoms with van der Waals surface area (Å²) in [6, 6.07) is 6.04. The molecule has 3 fully saturated rings. The van der Waals surface area contributed by atoms with Crippen molar-refractivity contribution in [2.45, 2.75) is 56.5 Å². The molecule has 2 saturated heterocycles. The number of carbonyl (C=O) groups excluding carboxylic acids is 1. The summed E-state index contributed by atoms with van der Waals surface area (Å²) in [5, 5.41) is 0. The topological polar surface area (TPSA) is 63.7 Å². The molecule has 1 aromatic rings. The van der Waals surface area contributed by atoms with Crippen molar-refractivity contribution < 1.29 is 17.9 Å². The van der Waals surface area contributed by atoms with E-state index in [4.69, 9.17) is 4.74 Å². The minimum atomic E-state index is -3.69. The molecular formula is C17H23NO4S. The summed E-state index contributed by atoms with van der Waals surface area (Å²) < 4.78 is 32.9. The van der Waals surface area contributed by atoms with Crippen molar-refractivity contribution in [3.63, 3.8) is 0 Å². The molecule has 0 spiro atoms. The molecule has 6 heteroatoms. The molecule has 1 atom stereocenters. The van der Waals surface area contributed by atoms with E-state index in [-0.39, 0.29) is 23.5 Å². The molecule has 2 bridgehead atoms. The Morgan fingerprint density at radius 3 is 2.35 bits per heavy atom. The second-order valence-electron chi connectivity index (χ2n) is 6.41. The number of hydrogen-bond donors (Lipinski definition) is 0. The molecule has 23 heavy (non-hydrogen) atoms. The maximum absolute atomic E-state index is 13.1. The zero-order valence-electron chi connectivity index (χ0n) is 13.6. The number of esters is 1. The molecule has 2 aliphatic heterocycles. The summed E-state index contributed by atoms with van der Waals surface area (Å²) in [5.41, 5.74) is 1.01. The van der Waals surface area contributed by atoms with Gasteiger partial charge in [-0.05, 0) is 57.6 Å². The van der Waals surface area contributed by atoms with Crippen molar-refractivity contribution in [1.82, 2.24) is 4.31 Å². The van der Waals surface area contributed by atoms with Gasteiger partial charge < -0.3 is 4.74 Å². The zero-order valence-corrected chi connectivity index (χ0v) is 14.4. The summed E-state index contributed by atoms with van der Waals surface area (Å²) in [6.45, 7) is 3.93. The van der Waals surface area contributed by atoms with Gasteiger partial charge in [-0.1, -0.05) is 17.7 Å². The van der Waals surface area contributed by atoms with Gasteiger partial charge in [0.2, 0.25) is 10.0 Å². The Balaban J connectivity index is 2.00. The van der Waals surface area contributed by atoms with Gasteiger partial charge in [0.05, 0.1) is 11.5 Å². The number of benzene rings is 1. The van der Waals surface area contributed by atoms with Gasteiger partial charge >= 0.3 is 5.97 Å². The lowest BCUT2D eigenvalue weighted by Gasteiger charge is -2.48. The number of rotatable bonds is 4. The Bertz CT molecular complexity index is 675. The quantitative estimate of drug-likeness (QED) is 0.792. The predicted octanol–water partition coefficient (Wildman–Crippen LogP) is 2.49. The lowest BCUT2D eigenvalue weighted by Crippen LogP contribution is -2.60. The van der Waals surface area contributed by atoms with Crippen molar-refractivity contribution in [3.05, 3.63) is 29.8 Å². The number of hydrogen-bond acceptors (Lipinski definition) is 4. The molecule has 3 aliphatic rings. The van der Waals surface area contributed by atoms with Crippen molar-refractivity contribution in [2.75, 3.05) is 6.61 Å². The average Bonchev–Trinajstić information content (AvgIpc) is 2.55. The monoisotopic (exact) mass is 337 g/mol. The Morgan fingerprint density at radius 1 is 1.17 bits per heavy atom. The number of piperidine rings is 2. The summed E-state index contributed by atoms with van der Waals surface area (Å²) >= 11 is 0. The minimum absolute atomic E-state index is 0.0688. The summed E-state index contributed by atoms with van der Waals surface area (Å²) in [4.78, 5) is 12.7. The van der Waals surface area contributed by atoms with Gasteiger partial charge in [-0.25, -0.2) is 8.42 Å². The van der Waals surface area contributed by atoms with E-state index in [0.717, 1.165) is 31.2 Å². The average molecular weight is 337 g/mol. The Hall–Kier alpha value is -1.40. The van der Waals surface area contributed by atoms with Gasteiger partial charge in [-0.2, -0.15) is 4.31 Å². The maximum Gasteiger partial charge on any atom is 0.324 e. The Morgan fingerprint density at radius 2 is 1.78 bits per heavy atom. The van der Waals surface area contributed by atoms with Crippen LogP contribution in [0.25, 0.3) is 0 Å². The van der Waals surface area contributed by atoms with E-state index in [1.54, 1.807) is 31.2 Å². The van der Waals surface area contributed by atoms with Crippen LogP contribution in [0.5, 0.6) is 0 Å². The third-order valence-electron chi connectivity index (χ3n) is 4.95. The second kappa shape index (κ2) is 6.24. The van der Waals surface area contributed by atoms with Gasteiger partial charge in [0, 0.05) is 6.04 Å². The number of sulfonamides is 1. The Kier molecular flexibility index (Phi) is 4.47. The SMILES string of the molecule is CCOC(=O)C1C2CCC(CC2)N1S(=O)(=O)c1ccc(C)cc1. The highest BCUT2D eigenvalue weighted by molar-refractivity contribution is 7.89. The third-order valence-corrected chi connectivity index (χ3v) is 6.89. The highest BCUT2D eigenvalue weighted by atomic mass is 32.2. The van der Waals surface area contributed by atoms with E-state index in [0.29, 0.717) is 0 Å². The van der Waals surface area contributed by atoms with Gasteiger partial charge in [-0.15, -0.1) is 0 Å². The normalized spacial score (nSPS) is 27.8. The molecule has 0 amide bonds. The largest absolute Gasteiger partial charge is 0.465 e. The second-order valence-corrected chi connectivity index (χ2v) is 8.26. The van der Waals surface area contributed by atoms with Crippen LogP contribution in [-0.2, 0) is 19.6 Å². The van der Waals surface area contributed by atoms with Crippen molar-refractivity contribution in [3.8, 4) is 0 Å². The Labute approximate surface area is 137 Å². The van der Waals surface area contributed by atoms with Crippen LogP contribution in [0.3, 0.4) is 0 Å². The molecule has 0 aromatic heterocycles. The molecule has 126 valence electrons. The van der Waals surface area contributed by atoms with Crippen LogP contribution >= 0.6 is 0 Å². The van der Waals surface area contributed by atoms with Crippen molar-refractivity contribution in [2.24, 2.45) is 5.92 Å². The third kappa shape index (κ3) is 2.90. The number of nitrogens with zero attached hydrogens (tertiary/aromatic N) is 1. The van der Waals surface area contributed by atoms with E-state index in [1.165, 1.54) is 4.31 Å². The number of carbonyl (C=O) groups is 1. The molecule has 1 unspecified atom stereocenters. The van der Waals surface area contributed by atoms with Gasteiger partial charge in [0.25, 0.3) is 0 Å². The fourth-order valence-electron chi connectivity index (χ4n) is 3.81. The van der Waals surface area contributed by atoms with E-state index in [1.807, 2.05) is 6.92 Å². The fourth-order valence-corrected chi connectivity index (χ4v) is 5.69. The molecule has 5 nitrogen and oxygen atoms in total. The molecule has 4 rings (SSSR count). The smallest absolute Gasteiger partial charge is 0.324 e. The molecule has 1 aromatic carbocycles. The first-order valence-electron chi connectivity index (χ1n) is 8.22. The van der Waals surface area contributed by atoms with Gasteiger partial charge in [0.1, 0.15) is 6.04 Å². The van der Waals surface area contributed by atoms with Crippen LogP contribution in [0.1, 0.15) is 38.2 Å². The number of aryl methyl sites for hydroxylation is 1. The first-order valence-corrected chi connectivity index (χ1v) is 9.66. The van der Waals surface area contributed by atoms with Crippen LogP contribution in [-0.4, -0.2) is 37.4 Å². The summed E-state index contributed by atoms with van der Waals surface area (Å²) in [5.74, 6) is -0.336. The van der Waals surface area contributed by atoms with Crippen LogP contribution in [0, 0.1) is 12.8 Å². The standard InChI is InChI=1S/C17H23NO4S/c1-3-22-17(19)16-13-6-8-14(9-7-13)18(16)23(20,21)15-10-4-12(2)5-11-15/h4-5,10-11,13-14,16H,3,6-9H2,1-2H3. The highest BCUT2D eigenvalue weighted by Gasteiger charge is 2.51. The number of fused-ring (bicyclic) bond motifs is 3. The summed E-state index contributed by atoms with van der Waals surface area (Å²) in [6.07, 6.45) is 3.44. The highest BCUT2D eigenvalue weighted by Crippen LogP contribution is 2.43. The van der Waals surface area contributed by atoms with Gasteiger partial charge in [0.15, 0.2) is 0 Å². The number of ether oxygens (including phenoxy) is 1. The zero-order chi connectivity index (χ0) is 16.6. The molecular weight excluding hydrogens is 314 g/mol. The predicted molar refractivity (Wildman–Crippen MR) is 86.4 cm³/mol. The van der Waals surface area contributed by atoms with Crippen LogP contribution in [0.4, 0.5) is 0 Å². The fraction of sp³-hybridized carbons (Fsp3) is 0.588. The maximum atomic E-state index is 13.1. The lowest BCUT2D eigenvalue weighted by atomic mass is 9.76. The first-order chi connectivity index (χ1) is 10.9. The van der Waals surface area contributed by atoms with E-state index < -0.39 is 22.0 Å². The van der Waals surface area contributed by atoms with E-state index in [9.17, 15) is 13.2 Å². The minimum Gasteiger partial charge on any atom is -0.465 e. The van der Waals surface area contributed by atoms with E-state index >= 15 is 0 Å². The molecule has 1 aliphatic carbocycles.